The van der Waals surface area contributed by atoms with Gasteiger partial charge in [0.05, 0.1) is 23.9 Å². The highest BCUT2D eigenvalue weighted by Gasteiger charge is 2.34. The van der Waals surface area contributed by atoms with Crippen LogP contribution in [0.1, 0.15) is 24.8 Å². The van der Waals surface area contributed by atoms with Crippen LogP contribution < -0.4 is 10.6 Å². The van der Waals surface area contributed by atoms with E-state index in [1.165, 1.54) is 17.4 Å². The van der Waals surface area contributed by atoms with Crippen molar-refractivity contribution in [2.24, 2.45) is 0 Å². The van der Waals surface area contributed by atoms with Crippen molar-refractivity contribution in [3.8, 4) is 0 Å². The summed E-state index contributed by atoms with van der Waals surface area (Å²) in [7, 11) is 0. The Morgan fingerprint density at radius 3 is 2.77 bits per heavy atom. The smallest absolute Gasteiger partial charge is 0.338 e. The molecule has 2 amide bonds. The number of thiophene rings is 1. The lowest BCUT2D eigenvalue weighted by Gasteiger charge is -2.28. The van der Waals surface area contributed by atoms with Gasteiger partial charge in [0.1, 0.15) is 6.61 Å². The maximum Gasteiger partial charge on any atom is 0.338 e. The number of allylic oxidation sites excluding steroid dienone is 3. The van der Waals surface area contributed by atoms with Gasteiger partial charge in [0.25, 0.3) is 0 Å². The van der Waals surface area contributed by atoms with Crippen LogP contribution in [0.3, 0.4) is 0 Å². The van der Waals surface area contributed by atoms with Crippen LogP contribution in [0.15, 0.2) is 53.1 Å². The maximum absolute atomic E-state index is 12.4. The molecule has 8 heteroatoms. The molecule has 1 unspecified atom stereocenters. The highest BCUT2D eigenvalue weighted by Crippen LogP contribution is 2.30. The van der Waals surface area contributed by atoms with Gasteiger partial charge in [-0.1, -0.05) is 24.3 Å². The van der Waals surface area contributed by atoms with E-state index in [1.54, 1.807) is 25.2 Å². The Morgan fingerprint density at radius 2 is 2.12 bits per heavy atom. The van der Waals surface area contributed by atoms with Crippen molar-refractivity contribution in [2.45, 2.75) is 19.9 Å². The van der Waals surface area contributed by atoms with Crippen LogP contribution in [0.25, 0.3) is 0 Å². The number of carbonyl (C=O) groups is 3. The van der Waals surface area contributed by atoms with Gasteiger partial charge in [-0.3, -0.25) is 0 Å². The summed E-state index contributed by atoms with van der Waals surface area (Å²) in [6, 6.07) is 2.49. The number of ether oxygens (including phenoxy) is 2. The molecule has 0 fully saturated rings. The molecule has 1 aliphatic rings. The molecule has 0 aliphatic carbocycles. The summed E-state index contributed by atoms with van der Waals surface area (Å²) in [6.45, 7) is 3.45. The predicted octanol–water partition coefficient (Wildman–Crippen LogP) is 2.59. The number of amides is 2. The summed E-state index contributed by atoms with van der Waals surface area (Å²) < 4.78 is 10.3. The molecule has 1 aromatic rings. The lowest BCUT2D eigenvalue weighted by molar-refractivity contribution is -0.140. The van der Waals surface area contributed by atoms with Crippen LogP contribution in [-0.4, -0.2) is 31.2 Å². The molecule has 7 nitrogen and oxygen atoms in total. The van der Waals surface area contributed by atoms with E-state index in [-0.39, 0.29) is 24.5 Å². The lowest BCUT2D eigenvalue weighted by Crippen LogP contribution is -2.46. The highest BCUT2D eigenvalue weighted by molar-refractivity contribution is 7.10. The van der Waals surface area contributed by atoms with Crippen molar-refractivity contribution >= 4 is 29.3 Å². The van der Waals surface area contributed by atoms with Gasteiger partial charge in [-0.15, -0.1) is 11.3 Å². The zero-order chi connectivity index (χ0) is 18.9. The number of rotatable bonds is 7. The van der Waals surface area contributed by atoms with Crippen LogP contribution >= 0.6 is 11.3 Å². The quantitative estimate of drug-likeness (QED) is 0.433. The maximum atomic E-state index is 12.4. The molecular formula is C18H20N2O5S. The van der Waals surface area contributed by atoms with Crippen molar-refractivity contribution in [1.82, 2.24) is 10.6 Å². The van der Waals surface area contributed by atoms with Crippen molar-refractivity contribution in [3.63, 3.8) is 0 Å². The molecular weight excluding hydrogens is 356 g/mol. The average Bonchev–Trinajstić information content (AvgIpc) is 3.14. The van der Waals surface area contributed by atoms with Gasteiger partial charge in [-0.25, -0.2) is 14.4 Å². The van der Waals surface area contributed by atoms with E-state index < -0.39 is 24.0 Å². The van der Waals surface area contributed by atoms with E-state index in [0.29, 0.717) is 0 Å². The molecule has 0 aromatic carbocycles. The first-order chi connectivity index (χ1) is 12.6. The first-order valence-electron chi connectivity index (χ1n) is 8.04. The first-order valence-corrected chi connectivity index (χ1v) is 8.92. The van der Waals surface area contributed by atoms with Crippen molar-refractivity contribution in [1.29, 1.82) is 0 Å². The second kappa shape index (κ2) is 9.57. The number of nitrogens with one attached hydrogen (secondary N) is 2. The number of urea groups is 1. The van der Waals surface area contributed by atoms with E-state index in [0.717, 1.165) is 4.88 Å². The van der Waals surface area contributed by atoms with Crippen molar-refractivity contribution in [2.75, 3.05) is 13.2 Å². The zero-order valence-electron chi connectivity index (χ0n) is 14.5. The fraction of sp³-hybridized carbons (Fsp3) is 0.278. The normalized spacial score (nSPS) is 17.3. The van der Waals surface area contributed by atoms with Crippen LogP contribution in [0.4, 0.5) is 4.79 Å². The average molecular weight is 376 g/mol. The van der Waals surface area contributed by atoms with Crippen molar-refractivity contribution in [3.05, 3.63) is 58.0 Å². The topological polar surface area (TPSA) is 93.7 Å². The van der Waals surface area contributed by atoms with E-state index in [2.05, 4.69) is 10.6 Å². The van der Waals surface area contributed by atoms with E-state index in [9.17, 15) is 14.4 Å². The molecule has 2 heterocycles. The van der Waals surface area contributed by atoms with Crippen LogP contribution in [0.5, 0.6) is 0 Å². The molecule has 0 radical (unpaired) electrons. The number of carbonyl (C=O) groups excluding carboxylic acids is 3. The third-order valence-corrected chi connectivity index (χ3v) is 4.31. The summed E-state index contributed by atoms with van der Waals surface area (Å²) in [5.41, 5.74) is 0.428. The number of hydrogen-bond acceptors (Lipinski definition) is 6. The third-order valence-electron chi connectivity index (χ3n) is 3.37. The summed E-state index contributed by atoms with van der Waals surface area (Å²) in [4.78, 5) is 37.0. The standard InChI is InChI=1S/C18H20N2O5S/c1-3-5-6-9-14(21)25-11-12-15(17(22)24-4-2)16(20-18(23)19-12)13-8-7-10-26-13/h3,5-10,16H,4,11H2,1-2H3,(H2,19,20,23)/b5-3+,9-6+. The summed E-state index contributed by atoms with van der Waals surface area (Å²) >= 11 is 1.40. The lowest BCUT2D eigenvalue weighted by atomic mass is 10.0. The Labute approximate surface area is 155 Å². The molecule has 2 N–H and O–H groups in total. The molecule has 26 heavy (non-hydrogen) atoms. The van der Waals surface area contributed by atoms with Gasteiger partial charge < -0.3 is 20.1 Å². The first kappa shape index (κ1) is 19.5. The van der Waals surface area contributed by atoms with Gasteiger partial charge in [0.15, 0.2) is 0 Å². The van der Waals surface area contributed by atoms with E-state index >= 15 is 0 Å². The highest BCUT2D eigenvalue weighted by atomic mass is 32.1. The SMILES string of the molecule is C/C=C/C=C/C(=O)OCC1=C(C(=O)OCC)C(c2cccs2)NC(=O)N1. The number of esters is 2. The van der Waals surface area contributed by atoms with E-state index in [4.69, 9.17) is 9.47 Å². The Morgan fingerprint density at radius 1 is 1.31 bits per heavy atom. The van der Waals surface area contributed by atoms with Crippen molar-refractivity contribution < 1.29 is 23.9 Å². The Hall–Kier alpha value is -2.87. The number of hydrogen-bond donors (Lipinski definition) is 2. The van der Waals surface area contributed by atoms with Gasteiger partial charge in [0.2, 0.25) is 0 Å². The van der Waals surface area contributed by atoms with Crippen LogP contribution in [0, 0.1) is 0 Å². The van der Waals surface area contributed by atoms with Gasteiger partial charge in [-0.2, -0.15) is 0 Å². The van der Waals surface area contributed by atoms with Crippen LogP contribution in [0.2, 0.25) is 0 Å². The van der Waals surface area contributed by atoms with Gasteiger partial charge in [0, 0.05) is 11.0 Å². The van der Waals surface area contributed by atoms with E-state index in [1.807, 2.05) is 24.4 Å². The molecule has 0 saturated heterocycles. The minimum Gasteiger partial charge on any atom is -0.463 e. The molecule has 0 saturated carbocycles. The Balaban J connectivity index is 2.28. The molecule has 0 bridgehead atoms. The molecule has 138 valence electrons. The largest absolute Gasteiger partial charge is 0.463 e. The molecule has 1 atom stereocenters. The third kappa shape index (κ3) is 5.06. The Kier molecular flexibility index (Phi) is 7.16. The van der Waals surface area contributed by atoms with Crippen LogP contribution in [-0.2, 0) is 19.1 Å². The second-order valence-electron chi connectivity index (χ2n) is 5.15. The Bertz CT molecular complexity index is 750. The monoisotopic (exact) mass is 376 g/mol. The molecule has 2 rings (SSSR count). The zero-order valence-corrected chi connectivity index (χ0v) is 15.3. The summed E-state index contributed by atoms with van der Waals surface area (Å²) in [6.07, 6.45) is 6.25. The minimum absolute atomic E-state index is 0.187. The predicted molar refractivity (Wildman–Crippen MR) is 97.3 cm³/mol. The second-order valence-corrected chi connectivity index (χ2v) is 6.13. The van der Waals surface area contributed by atoms with Gasteiger partial charge in [-0.05, 0) is 25.3 Å². The van der Waals surface area contributed by atoms with Gasteiger partial charge >= 0.3 is 18.0 Å². The molecule has 0 spiro atoms. The molecule has 1 aromatic heterocycles. The fourth-order valence-electron chi connectivity index (χ4n) is 2.29. The summed E-state index contributed by atoms with van der Waals surface area (Å²) in [5, 5.41) is 7.09. The summed E-state index contributed by atoms with van der Waals surface area (Å²) in [5.74, 6) is -1.16. The molecule has 1 aliphatic heterocycles. The minimum atomic E-state index is -0.657. The fourth-order valence-corrected chi connectivity index (χ4v) is 3.07.